The van der Waals surface area contributed by atoms with E-state index in [9.17, 15) is 4.79 Å². The highest BCUT2D eigenvalue weighted by Gasteiger charge is 2.14. The van der Waals surface area contributed by atoms with Gasteiger partial charge >= 0.3 is 5.97 Å². The first-order chi connectivity index (χ1) is 4.98. The Kier molecular flexibility index (Phi) is 7.05. The molecule has 0 aromatic carbocycles. The number of carboxylic acids is 1. The first kappa shape index (κ1) is 14.0. The topological polar surface area (TPSA) is 37.3 Å². The molecule has 12 heavy (non-hydrogen) atoms. The molecule has 0 unspecified atom stereocenters. The molecule has 0 heterocycles. The second-order valence-electron chi connectivity index (χ2n) is 3.17. The minimum Gasteiger partial charge on any atom is -1.00 e. The van der Waals surface area contributed by atoms with Gasteiger partial charge in [0.15, 0.2) is 0 Å². The van der Waals surface area contributed by atoms with E-state index in [-0.39, 0.29) is 23.4 Å². The molecule has 0 aliphatic rings. The van der Waals surface area contributed by atoms with E-state index in [1.807, 2.05) is 14.1 Å². The van der Waals surface area contributed by atoms with Crippen molar-refractivity contribution in [2.24, 2.45) is 0 Å². The minimum atomic E-state index is -0.770. The molecule has 0 aliphatic carbocycles. The van der Waals surface area contributed by atoms with E-state index in [1.165, 1.54) is 0 Å². The summed E-state index contributed by atoms with van der Waals surface area (Å²) >= 11 is 0. The summed E-state index contributed by atoms with van der Waals surface area (Å²) in [5.74, 6) is 1.74. The van der Waals surface area contributed by atoms with Crippen LogP contribution in [0, 0.1) is 12.3 Å². The molecule has 1 N–H and O–H groups in total. The van der Waals surface area contributed by atoms with E-state index in [0.717, 1.165) is 0 Å². The summed E-state index contributed by atoms with van der Waals surface area (Å²) in [6.07, 6.45) is 5.28. The normalized spacial score (nSPS) is 9.75. The summed E-state index contributed by atoms with van der Waals surface area (Å²) in [4.78, 5) is 10.2. The molecule has 70 valence electrons. The zero-order valence-corrected chi connectivity index (χ0v) is 8.97. The molecule has 0 amide bonds. The van der Waals surface area contributed by atoms with Crippen LogP contribution in [0.1, 0.15) is 6.42 Å². The van der Waals surface area contributed by atoms with Crippen LogP contribution in [0.2, 0.25) is 0 Å². The number of halogens is 1. The van der Waals surface area contributed by atoms with Gasteiger partial charge in [-0.3, -0.25) is 4.79 Å². The van der Waals surface area contributed by atoms with Gasteiger partial charge in [0.05, 0.1) is 27.1 Å². The number of rotatable bonds is 4. The molecular formula is C8H14BrNO2. The lowest BCUT2D eigenvalue weighted by atomic mass is 10.3. The molecule has 0 fully saturated rings. The zero-order valence-electron chi connectivity index (χ0n) is 7.38. The van der Waals surface area contributed by atoms with E-state index < -0.39 is 5.97 Å². The first-order valence-electron chi connectivity index (χ1n) is 3.45. The van der Waals surface area contributed by atoms with E-state index in [4.69, 9.17) is 11.5 Å². The molecule has 0 rings (SSSR count). The standard InChI is InChI=1S/C8H13NO2.BrH/c1-4-6-9(2,3)7-5-8(10)11;/h1H,5-7H2,2-3H3;1H. The van der Waals surface area contributed by atoms with Gasteiger partial charge in [-0.25, -0.2) is 0 Å². The third-order valence-electron chi connectivity index (χ3n) is 1.45. The van der Waals surface area contributed by atoms with Gasteiger partial charge in [0.2, 0.25) is 0 Å². The smallest absolute Gasteiger partial charge is 0.309 e. The molecule has 0 bridgehead atoms. The number of aliphatic carboxylic acids is 1. The van der Waals surface area contributed by atoms with Gasteiger partial charge in [-0.15, -0.1) is 6.42 Å². The van der Waals surface area contributed by atoms with E-state index in [0.29, 0.717) is 17.6 Å². The SMILES string of the molecule is C#CC[N+](C)(C)CCC(=O)O.[Br-]. The Morgan fingerprint density at radius 3 is 2.42 bits per heavy atom. The van der Waals surface area contributed by atoms with Crippen molar-refractivity contribution < 1.29 is 31.4 Å². The molecule has 0 spiro atoms. The minimum absolute atomic E-state index is 0. The Balaban J connectivity index is 0. The van der Waals surface area contributed by atoms with Crippen LogP contribution in [-0.2, 0) is 4.79 Å². The molecule has 3 nitrogen and oxygen atoms in total. The van der Waals surface area contributed by atoms with Crippen LogP contribution in [0.3, 0.4) is 0 Å². The number of nitrogens with zero attached hydrogens (tertiary/aromatic N) is 1. The highest BCUT2D eigenvalue weighted by Crippen LogP contribution is 1.97. The maximum Gasteiger partial charge on any atom is 0.309 e. The van der Waals surface area contributed by atoms with Crippen molar-refractivity contribution in [2.45, 2.75) is 6.42 Å². The van der Waals surface area contributed by atoms with Gasteiger partial charge < -0.3 is 26.6 Å². The number of carboxylic acid groups (broad SMARTS) is 1. The van der Waals surface area contributed by atoms with Crippen LogP contribution in [-0.4, -0.2) is 42.7 Å². The van der Waals surface area contributed by atoms with Crippen LogP contribution in [0.25, 0.3) is 0 Å². The second-order valence-corrected chi connectivity index (χ2v) is 3.17. The molecule has 0 saturated heterocycles. The van der Waals surface area contributed by atoms with E-state index in [1.54, 1.807) is 0 Å². The second kappa shape index (κ2) is 6.04. The lowest BCUT2D eigenvalue weighted by molar-refractivity contribution is -0.882. The number of hydrogen-bond donors (Lipinski definition) is 1. The largest absolute Gasteiger partial charge is 1.00 e. The maximum absolute atomic E-state index is 10.2. The Labute approximate surface area is 83.7 Å². The molecule has 0 atom stereocenters. The van der Waals surface area contributed by atoms with E-state index >= 15 is 0 Å². The van der Waals surface area contributed by atoms with Gasteiger partial charge in [0.25, 0.3) is 0 Å². The molecular weight excluding hydrogens is 222 g/mol. The van der Waals surface area contributed by atoms with Crippen molar-refractivity contribution in [3.8, 4) is 12.3 Å². The highest BCUT2D eigenvalue weighted by molar-refractivity contribution is 5.66. The third kappa shape index (κ3) is 7.58. The molecule has 0 aromatic heterocycles. The Hall–Kier alpha value is -0.530. The fraction of sp³-hybridized carbons (Fsp3) is 0.625. The van der Waals surface area contributed by atoms with Crippen molar-refractivity contribution in [1.82, 2.24) is 0 Å². The van der Waals surface area contributed by atoms with Gasteiger partial charge in [-0.2, -0.15) is 0 Å². The monoisotopic (exact) mass is 235 g/mol. The van der Waals surface area contributed by atoms with Crippen molar-refractivity contribution >= 4 is 5.97 Å². The van der Waals surface area contributed by atoms with Crippen molar-refractivity contribution in [2.75, 3.05) is 27.2 Å². The fourth-order valence-corrected chi connectivity index (χ4v) is 0.724. The van der Waals surface area contributed by atoms with Crippen molar-refractivity contribution in [1.29, 1.82) is 0 Å². The maximum atomic E-state index is 10.2. The van der Waals surface area contributed by atoms with Gasteiger partial charge in [0.1, 0.15) is 6.54 Å². The third-order valence-corrected chi connectivity index (χ3v) is 1.45. The fourth-order valence-electron chi connectivity index (χ4n) is 0.724. The first-order valence-corrected chi connectivity index (χ1v) is 3.45. The Bertz CT molecular complexity index is 184. The van der Waals surface area contributed by atoms with E-state index in [2.05, 4.69) is 5.92 Å². The number of hydrogen-bond acceptors (Lipinski definition) is 1. The zero-order chi connectivity index (χ0) is 8.91. The summed E-state index contributed by atoms with van der Waals surface area (Å²) in [6, 6.07) is 0. The summed E-state index contributed by atoms with van der Waals surface area (Å²) in [7, 11) is 3.84. The average Bonchev–Trinajstić information content (AvgIpc) is 1.84. The Morgan fingerprint density at radius 1 is 1.58 bits per heavy atom. The predicted octanol–water partition coefficient (Wildman–Crippen LogP) is -2.83. The number of terminal acetylenes is 1. The number of quaternary nitrogens is 1. The van der Waals surface area contributed by atoms with Crippen LogP contribution in [0.5, 0.6) is 0 Å². The van der Waals surface area contributed by atoms with Gasteiger partial charge in [-0.05, 0) is 5.92 Å². The van der Waals surface area contributed by atoms with Crippen LogP contribution >= 0.6 is 0 Å². The van der Waals surface area contributed by atoms with Gasteiger partial charge in [-0.1, -0.05) is 0 Å². The predicted molar refractivity (Wildman–Crippen MR) is 42.9 cm³/mol. The molecule has 0 saturated carbocycles. The number of carbonyl (C=O) groups is 1. The van der Waals surface area contributed by atoms with Crippen LogP contribution < -0.4 is 17.0 Å². The summed E-state index contributed by atoms with van der Waals surface area (Å²) in [5.41, 5.74) is 0. The summed E-state index contributed by atoms with van der Waals surface area (Å²) in [6.45, 7) is 1.16. The van der Waals surface area contributed by atoms with Gasteiger partial charge in [0, 0.05) is 0 Å². The highest BCUT2D eigenvalue weighted by atomic mass is 79.9. The summed E-state index contributed by atoms with van der Waals surface area (Å²) < 4.78 is 0.572. The van der Waals surface area contributed by atoms with Crippen molar-refractivity contribution in [3.63, 3.8) is 0 Å². The lowest BCUT2D eigenvalue weighted by Gasteiger charge is -2.26. The average molecular weight is 236 g/mol. The lowest BCUT2D eigenvalue weighted by Crippen LogP contribution is -3.00. The van der Waals surface area contributed by atoms with Crippen LogP contribution in [0.15, 0.2) is 0 Å². The summed E-state index contributed by atoms with van der Waals surface area (Å²) in [5, 5.41) is 8.38. The quantitative estimate of drug-likeness (QED) is 0.422. The molecule has 4 heteroatoms. The van der Waals surface area contributed by atoms with Crippen LogP contribution in [0.4, 0.5) is 0 Å². The Morgan fingerprint density at radius 2 is 2.08 bits per heavy atom. The molecule has 0 aromatic rings. The molecule has 0 radical (unpaired) electrons. The molecule has 0 aliphatic heterocycles. The van der Waals surface area contributed by atoms with Crippen molar-refractivity contribution in [3.05, 3.63) is 0 Å².